The Balaban J connectivity index is 1.59. The van der Waals surface area contributed by atoms with Gasteiger partial charge >= 0.3 is 0 Å². The lowest BCUT2D eigenvalue weighted by Crippen LogP contribution is -2.47. The predicted molar refractivity (Wildman–Crippen MR) is 100 cm³/mol. The van der Waals surface area contributed by atoms with Gasteiger partial charge in [0.1, 0.15) is 5.82 Å². The summed E-state index contributed by atoms with van der Waals surface area (Å²) >= 11 is 5.79. The van der Waals surface area contributed by atoms with Gasteiger partial charge in [-0.3, -0.25) is 14.5 Å². The lowest BCUT2D eigenvalue weighted by molar-refractivity contribution is -0.131. The van der Waals surface area contributed by atoms with Crippen molar-refractivity contribution in [3.63, 3.8) is 0 Å². The van der Waals surface area contributed by atoms with Gasteiger partial charge in [-0.1, -0.05) is 11.6 Å². The van der Waals surface area contributed by atoms with Gasteiger partial charge in [0.05, 0.1) is 24.3 Å². The summed E-state index contributed by atoms with van der Waals surface area (Å²) in [5.41, 5.74) is 0.366. The number of benzene rings is 1. The van der Waals surface area contributed by atoms with Crippen LogP contribution in [0, 0.1) is 5.82 Å². The molecule has 2 fully saturated rings. The van der Waals surface area contributed by atoms with Gasteiger partial charge in [0.25, 0.3) is 5.91 Å². The van der Waals surface area contributed by atoms with Crippen molar-refractivity contribution in [3.05, 3.63) is 34.6 Å². The third-order valence-corrected chi connectivity index (χ3v) is 5.51. The van der Waals surface area contributed by atoms with Crippen LogP contribution in [-0.2, 0) is 9.53 Å². The first-order valence-corrected chi connectivity index (χ1v) is 9.65. The van der Waals surface area contributed by atoms with Crippen molar-refractivity contribution in [1.82, 2.24) is 14.7 Å². The van der Waals surface area contributed by atoms with Gasteiger partial charge in [0.15, 0.2) is 0 Å². The molecule has 0 aliphatic carbocycles. The molecule has 3 rings (SSSR count). The van der Waals surface area contributed by atoms with Crippen LogP contribution in [0.5, 0.6) is 0 Å². The Hall–Kier alpha value is -1.70. The second-order valence-electron chi connectivity index (χ2n) is 6.99. The Morgan fingerprint density at radius 1 is 1.30 bits per heavy atom. The minimum Gasteiger partial charge on any atom is -0.379 e. The highest BCUT2D eigenvalue weighted by Crippen LogP contribution is 2.21. The van der Waals surface area contributed by atoms with Crippen molar-refractivity contribution in [2.75, 3.05) is 52.5 Å². The van der Waals surface area contributed by atoms with E-state index in [4.69, 9.17) is 16.3 Å². The third kappa shape index (κ3) is 4.97. The average molecular weight is 398 g/mol. The van der Waals surface area contributed by atoms with E-state index in [2.05, 4.69) is 4.90 Å². The number of rotatable bonds is 5. The molecule has 1 aromatic carbocycles. The van der Waals surface area contributed by atoms with Crippen LogP contribution in [0.15, 0.2) is 18.2 Å². The zero-order valence-electron chi connectivity index (χ0n) is 15.5. The first-order valence-electron chi connectivity index (χ1n) is 9.27. The molecule has 2 saturated heterocycles. The van der Waals surface area contributed by atoms with E-state index in [1.165, 1.54) is 18.2 Å². The Labute approximate surface area is 163 Å². The van der Waals surface area contributed by atoms with Crippen molar-refractivity contribution < 1.29 is 18.7 Å². The second kappa shape index (κ2) is 8.99. The van der Waals surface area contributed by atoms with Gasteiger partial charge in [-0.2, -0.15) is 0 Å². The lowest BCUT2D eigenvalue weighted by atomic mass is 10.2. The number of halogens is 2. The Bertz CT molecular complexity index is 697. The molecule has 2 aliphatic rings. The van der Waals surface area contributed by atoms with E-state index in [0.29, 0.717) is 25.2 Å². The molecule has 0 saturated carbocycles. The van der Waals surface area contributed by atoms with Crippen LogP contribution < -0.4 is 0 Å². The van der Waals surface area contributed by atoms with Gasteiger partial charge in [-0.25, -0.2) is 4.39 Å². The zero-order chi connectivity index (χ0) is 19.4. The van der Waals surface area contributed by atoms with Crippen LogP contribution in [0.3, 0.4) is 0 Å². The summed E-state index contributed by atoms with van der Waals surface area (Å²) in [6.07, 6.45) is 0.739. The molecule has 2 aliphatic heterocycles. The molecule has 6 nitrogen and oxygen atoms in total. The fraction of sp³-hybridized carbons (Fsp3) is 0.579. The highest BCUT2D eigenvalue weighted by atomic mass is 35.5. The molecule has 2 amide bonds. The zero-order valence-corrected chi connectivity index (χ0v) is 16.3. The van der Waals surface area contributed by atoms with Gasteiger partial charge in [-0.15, -0.1) is 0 Å². The summed E-state index contributed by atoms with van der Waals surface area (Å²) in [6, 6.07) is 4.00. The minimum atomic E-state index is -0.543. The number of carbonyl (C=O) groups excluding carboxylic acids is 2. The molecule has 0 bridgehead atoms. The number of morpholine rings is 1. The fourth-order valence-electron chi connectivity index (χ4n) is 3.66. The van der Waals surface area contributed by atoms with Crippen LogP contribution in [-0.4, -0.2) is 85.0 Å². The van der Waals surface area contributed by atoms with Crippen LogP contribution in [0.2, 0.25) is 5.02 Å². The van der Waals surface area contributed by atoms with Crippen LogP contribution in [0.25, 0.3) is 0 Å². The van der Waals surface area contributed by atoms with E-state index in [-0.39, 0.29) is 22.9 Å². The SMILES string of the molecule is CC(=O)N(CCN1CCOCC1)C1CCN(C(=O)c2ccc(F)c(Cl)c2)C1. The molecule has 0 aromatic heterocycles. The van der Waals surface area contributed by atoms with Crippen molar-refractivity contribution >= 4 is 23.4 Å². The quantitative estimate of drug-likeness (QED) is 0.761. The summed E-state index contributed by atoms with van der Waals surface area (Å²) in [6.45, 7) is 7.29. The van der Waals surface area contributed by atoms with Gasteiger partial charge in [-0.05, 0) is 24.6 Å². The van der Waals surface area contributed by atoms with Crippen LogP contribution in [0.4, 0.5) is 4.39 Å². The number of hydrogen-bond acceptors (Lipinski definition) is 4. The summed E-state index contributed by atoms with van der Waals surface area (Å²) in [4.78, 5) is 30.7. The molecular weight excluding hydrogens is 373 g/mol. The Kier molecular flexibility index (Phi) is 6.68. The van der Waals surface area contributed by atoms with E-state index in [1.54, 1.807) is 11.8 Å². The highest BCUT2D eigenvalue weighted by Gasteiger charge is 2.32. The lowest BCUT2D eigenvalue weighted by Gasteiger charge is -2.32. The van der Waals surface area contributed by atoms with Gasteiger partial charge in [0, 0.05) is 51.8 Å². The number of likely N-dealkylation sites (tertiary alicyclic amines) is 1. The van der Waals surface area contributed by atoms with Gasteiger partial charge < -0.3 is 14.5 Å². The van der Waals surface area contributed by atoms with E-state index in [1.807, 2.05) is 4.90 Å². The summed E-state index contributed by atoms with van der Waals surface area (Å²) in [5.74, 6) is -0.707. The average Bonchev–Trinajstić information content (AvgIpc) is 3.14. The smallest absolute Gasteiger partial charge is 0.253 e. The molecule has 0 radical (unpaired) electrons. The number of amides is 2. The second-order valence-corrected chi connectivity index (χ2v) is 7.40. The standard InChI is InChI=1S/C19H25ClFN3O3/c1-14(25)24(7-6-22-8-10-27-11-9-22)16-4-5-23(13-16)19(26)15-2-3-18(21)17(20)12-15/h2-3,12,16H,4-11,13H2,1H3. The van der Waals surface area contributed by atoms with E-state index in [0.717, 1.165) is 39.3 Å². The van der Waals surface area contributed by atoms with Crippen molar-refractivity contribution in [2.45, 2.75) is 19.4 Å². The van der Waals surface area contributed by atoms with E-state index < -0.39 is 5.82 Å². The number of carbonyl (C=O) groups is 2. The highest BCUT2D eigenvalue weighted by molar-refractivity contribution is 6.31. The Morgan fingerprint density at radius 3 is 2.70 bits per heavy atom. The first kappa shape index (κ1) is 20.0. The molecular formula is C19H25ClFN3O3. The maximum Gasteiger partial charge on any atom is 0.253 e. The first-order chi connectivity index (χ1) is 13.0. The largest absolute Gasteiger partial charge is 0.379 e. The summed E-state index contributed by atoms with van der Waals surface area (Å²) in [7, 11) is 0. The Morgan fingerprint density at radius 2 is 2.04 bits per heavy atom. The summed E-state index contributed by atoms with van der Waals surface area (Å²) < 4.78 is 18.7. The topological polar surface area (TPSA) is 53.1 Å². The molecule has 1 aromatic rings. The molecule has 8 heteroatoms. The molecule has 27 heavy (non-hydrogen) atoms. The maximum atomic E-state index is 13.3. The molecule has 2 heterocycles. The van der Waals surface area contributed by atoms with Gasteiger partial charge in [0.2, 0.25) is 5.91 Å². The van der Waals surface area contributed by atoms with E-state index >= 15 is 0 Å². The predicted octanol–water partition coefficient (Wildman–Crippen LogP) is 1.87. The number of hydrogen-bond donors (Lipinski definition) is 0. The molecule has 0 spiro atoms. The van der Waals surface area contributed by atoms with Crippen molar-refractivity contribution in [1.29, 1.82) is 0 Å². The van der Waals surface area contributed by atoms with E-state index in [9.17, 15) is 14.0 Å². The normalized spacial score (nSPS) is 20.7. The van der Waals surface area contributed by atoms with Crippen LogP contribution in [0.1, 0.15) is 23.7 Å². The minimum absolute atomic E-state index is 0.00316. The third-order valence-electron chi connectivity index (χ3n) is 5.22. The summed E-state index contributed by atoms with van der Waals surface area (Å²) in [5, 5.41) is -0.0625. The number of nitrogens with zero attached hydrogens (tertiary/aromatic N) is 3. The van der Waals surface area contributed by atoms with Crippen molar-refractivity contribution in [2.24, 2.45) is 0 Å². The molecule has 0 N–H and O–H groups in total. The molecule has 1 unspecified atom stereocenters. The molecule has 148 valence electrons. The fourth-order valence-corrected chi connectivity index (χ4v) is 3.84. The number of ether oxygens (including phenoxy) is 1. The molecule has 1 atom stereocenters. The van der Waals surface area contributed by atoms with Crippen LogP contribution >= 0.6 is 11.6 Å². The maximum absolute atomic E-state index is 13.3. The monoisotopic (exact) mass is 397 g/mol. The van der Waals surface area contributed by atoms with Crippen molar-refractivity contribution in [3.8, 4) is 0 Å².